The first kappa shape index (κ1) is 14.7. The van der Waals surface area contributed by atoms with Crippen molar-refractivity contribution in [1.29, 1.82) is 0 Å². The Balaban J connectivity index is 1.71. The molecule has 0 spiro atoms. The number of non-ortho nitro benzene ring substituents is 1. The average molecular weight is 355 g/mol. The van der Waals surface area contributed by atoms with Gasteiger partial charge in [-0.3, -0.25) is 10.1 Å². The van der Waals surface area contributed by atoms with Crippen molar-refractivity contribution in [2.75, 3.05) is 0 Å². The fourth-order valence-corrected chi connectivity index (χ4v) is 4.14. The maximum Gasteiger partial charge on any atom is 0.270 e. The van der Waals surface area contributed by atoms with E-state index >= 15 is 0 Å². The molecule has 0 amide bonds. The molecule has 0 atom stereocenters. The minimum atomic E-state index is -0.433. The molecule has 0 radical (unpaired) electrons. The molecule has 118 valence electrons. The van der Waals surface area contributed by atoms with Crippen LogP contribution in [0.25, 0.3) is 20.3 Å². The first-order valence-corrected chi connectivity index (χ1v) is 8.54. The molecule has 0 saturated carbocycles. The number of hydrogen-bond acceptors (Lipinski definition) is 7. The van der Waals surface area contributed by atoms with Gasteiger partial charge in [-0.15, -0.1) is 11.3 Å². The topological polar surface area (TPSA) is 88.6 Å². The van der Waals surface area contributed by atoms with Crippen LogP contribution < -0.4 is 0 Å². The molecule has 0 aliphatic rings. The lowest BCUT2D eigenvalue weighted by Gasteiger charge is -1.89. The van der Waals surface area contributed by atoms with E-state index in [1.165, 1.54) is 34.8 Å². The zero-order valence-corrected chi connectivity index (χ0v) is 13.7. The van der Waals surface area contributed by atoms with Crippen LogP contribution in [0.5, 0.6) is 5.75 Å². The van der Waals surface area contributed by atoms with Crippen LogP contribution in [0.3, 0.4) is 0 Å². The molecule has 1 N–H and O–H groups in total. The van der Waals surface area contributed by atoms with Crippen LogP contribution in [0.1, 0.15) is 4.88 Å². The molecule has 8 heteroatoms. The smallest absolute Gasteiger partial charge is 0.270 e. The van der Waals surface area contributed by atoms with Crippen LogP contribution in [0.2, 0.25) is 0 Å². The number of thiophene rings is 1. The highest BCUT2D eigenvalue weighted by Gasteiger charge is 2.11. The van der Waals surface area contributed by atoms with Gasteiger partial charge in [-0.1, -0.05) is 23.5 Å². The lowest BCUT2D eigenvalue weighted by atomic mass is 10.2. The Morgan fingerprint density at radius 3 is 2.79 bits per heavy atom. The van der Waals surface area contributed by atoms with Gasteiger partial charge in [-0.2, -0.15) is 0 Å². The minimum absolute atomic E-state index is 0.0313. The summed E-state index contributed by atoms with van der Waals surface area (Å²) in [4.78, 5) is 19.7. The van der Waals surface area contributed by atoms with E-state index in [0.717, 1.165) is 10.1 Å². The fraction of sp³-hybridized carbons (Fsp3) is 0. The molecular formula is C16H9N3O3S2. The Hall–Kier alpha value is -2.84. The summed E-state index contributed by atoms with van der Waals surface area (Å²) < 4.78 is 1.69. The number of nitrogens with zero attached hydrogens (tertiary/aromatic N) is 3. The number of aliphatic imine (C=N–C) groups is 1. The van der Waals surface area contributed by atoms with Gasteiger partial charge in [0.15, 0.2) is 0 Å². The number of nitro benzene ring substituents is 1. The van der Waals surface area contributed by atoms with Crippen molar-refractivity contribution < 1.29 is 10.0 Å². The van der Waals surface area contributed by atoms with Gasteiger partial charge in [-0.05, 0) is 18.2 Å². The molecule has 4 rings (SSSR count). The first-order chi connectivity index (χ1) is 11.6. The van der Waals surface area contributed by atoms with E-state index in [1.807, 2.05) is 24.3 Å². The van der Waals surface area contributed by atoms with Crippen LogP contribution in [0, 0.1) is 10.1 Å². The summed E-state index contributed by atoms with van der Waals surface area (Å²) in [5.41, 5.74) is 0.696. The number of hydrogen-bond donors (Lipinski definition) is 1. The summed E-state index contributed by atoms with van der Waals surface area (Å²) in [6.45, 7) is 0. The Kier molecular flexibility index (Phi) is 3.47. The van der Waals surface area contributed by atoms with Gasteiger partial charge in [0.2, 0.25) is 5.13 Å². The number of thiazole rings is 1. The molecule has 2 aromatic heterocycles. The molecule has 4 aromatic rings. The van der Waals surface area contributed by atoms with Gasteiger partial charge in [0.25, 0.3) is 5.69 Å². The van der Waals surface area contributed by atoms with Gasteiger partial charge in [0, 0.05) is 22.2 Å². The quantitative estimate of drug-likeness (QED) is 0.322. The highest BCUT2D eigenvalue weighted by molar-refractivity contribution is 7.22. The number of nitro groups is 1. The Labute approximate surface area is 143 Å². The number of rotatable bonds is 3. The zero-order chi connectivity index (χ0) is 16.7. The molecule has 0 saturated heterocycles. The third kappa shape index (κ3) is 2.51. The second kappa shape index (κ2) is 5.66. The molecule has 0 unspecified atom stereocenters. The summed E-state index contributed by atoms with van der Waals surface area (Å²) >= 11 is 2.71. The largest absolute Gasteiger partial charge is 0.506 e. The van der Waals surface area contributed by atoms with Gasteiger partial charge in [0.1, 0.15) is 5.75 Å². The van der Waals surface area contributed by atoms with Crippen molar-refractivity contribution in [3.63, 3.8) is 0 Å². The lowest BCUT2D eigenvalue weighted by molar-refractivity contribution is -0.384. The highest BCUT2D eigenvalue weighted by Crippen LogP contribution is 2.36. The molecule has 0 fully saturated rings. The highest BCUT2D eigenvalue weighted by atomic mass is 32.1. The van der Waals surface area contributed by atoms with E-state index in [-0.39, 0.29) is 11.4 Å². The summed E-state index contributed by atoms with van der Waals surface area (Å²) in [5.74, 6) is 0.205. The monoisotopic (exact) mass is 355 g/mol. The Bertz CT molecular complexity index is 1110. The summed E-state index contributed by atoms with van der Waals surface area (Å²) in [6.07, 6.45) is 1.58. The van der Waals surface area contributed by atoms with Crippen molar-refractivity contribution in [3.8, 4) is 5.75 Å². The second-order valence-electron chi connectivity index (χ2n) is 4.97. The van der Waals surface area contributed by atoms with Gasteiger partial charge >= 0.3 is 0 Å². The van der Waals surface area contributed by atoms with E-state index in [2.05, 4.69) is 9.98 Å². The lowest BCUT2D eigenvalue weighted by Crippen LogP contribution is -1.85. The van der Waals surface area contributed by atoms with E-state index in [4.69, 9.17) is 0 Å². The van der Waals surface area contributed by atoms with Crippen molar-refractivity contribution in [2.45, 2.75) is 0 Å². The summed E-state index contributed by atoms with van der Waals surface area (Å²) in [5, 5.41) is 22.3. The van der Waals surface area contributed by atoms with E-state index in [0.29, 0.717) is 20.2 Å². The molecular weight excluding hydrogens is 346 g/mol. The summed E-state index contributed by atoms with van der Waals surface area (Å²) in [6, 6.07) is 12.1. The third-order valence-corrected chi connectivity index (χ3v) is 5.48. The predicted octanol–water partition coefficient (Wildman–Crippen LogP) is 4.88. The molecule has 0 bridgehead atoms. The molecule has 24 heavy (non-hydrogen) atoms. The van der Waals surface area contributed by atoms with Crippen molar-refractivity contribution in [2.24, 2.45) is 4.99 Å². The van der Waals surface area contributed by atoms with Crippen LogP contribution in [-0.4, -0.2) is 21.2 Å². The van der Waals surface area contributed by atoms with Gasteiger partial charge in [-0.25, -0.2) is 9.98 Å². The van der Waals surface area contributed by atoms with Crippen LogP contribution in [0.15, 0.2) is 47.5 Å². The van der Waals surface area contributed by atoms with Crippen LogP contribution in [0.4, 0.5) is 10.8 Å². The van der Waals surface area contributed by atoms with Gasteiger partial charge < -0.3 is 5.11 Å². The predicted molar refractivity (Wildman–Crippen MR) is 97.0 cm³/mol. The molecule has 0 aliphatic heterocycles. The van der Waals surface area contributed by atoms with Crippen LogP contribution in [-0.2, 0) is 0 Å². The van der Waals surface area contributed by atoms with Crippen molar-refractivity contribution in [1.82, 2.24) is 4.98 Å². The molecule has 6 nitrogen and oxygen atoms in total. The number of aromatic hydroxyl groups is 1. The number of benzene rings is 2. The first-order valence-electron chi connectivity index (χ1n) is 6.91. The second-order valence-corrected chi connectivity index (χ2v) is 7.07. The average Bonchev–Trinajstić information content (AvgIpc) is 3.13. The van der Waals surface area contributed by atoms with Crippen molar-refractivity contribution >= 4 is 60.0 Å². The van der Waals surface area contributed by atoms with E-state index in [9.17, 15) is 15.2 Å². The number of aromatic nitrogens is 1. The number of fused-ring (bicyclic) bond motifs is 2. The normalized spacial score (nSPS) is 11.7. The maximum atomic E-state index is 10.8. The Morgan fingerprint density at radius 2 is 2.00 bits per heavy atom. The maximum absolute atomic E-state index is 10.8. The minimum Gasteiger partial charge on any atom is -0.506 e. The summed E-state index contributed by atoms with van der Waals surface area (Å²) in [7, 11) is 0. The third-order valence-electron chi connectivity index (χ3n) is 3.46. The molecule has 2 heterocycles. The zero-order valence-electron chi connectivity index (χ0n) is 12.0. The standard InChI is InChI=1S/C16H9N3O3S2/c20-15-10-3-1-2-4-12(10)23-14(15)8-17-16-18-11-6-5-9(19(21)22)7-13(11)24-16/h1-8,20H/b17-8+. The van der Waals surface area contributed by atoms with Crippen molar-refractivity contribution in [3.05, 3.63) is 57.5 Å². The van der Waals surface area contributed by atoms with E-state index in [1.54, 1.807) is 12.3 Å². The SMILES string of the molecule is O=[N+]([O-])c1ccc2nc(/N=C/c3sc4ccccc4c3O)sc2c1. The Morgan fingerprint density at radius 1 is 1.17 bits per heavy atom. The fourth-order valence-electron chi connectivity index (χ4n) is 2.32. The molecule has 2 aromatic carbocycles. The molecule has 0 aliphatic carbocycles. The van der Waals surface area contributed by atoms with Gasteiger partial charge in [0.05, 0.1) is 26.2 Å². The van der Waals surface area contributed by atoms with Crippen LogP contribution >= 0.6 is 22.7 Å². The van der Waals surface area contributed by atoms with E-state index < -0.39 is 4.92 Å².